The number of anilines is 1. The van der Waals surface area contributed by atoms with Gasteiger partial charge in [-0.2, -0.15) is 19.6 Å². The van der Waals surface area contributed by atoms with Crippen molar-refractivity contribution in [3.63, 3.8) is 0 Å². The van der Waals surface area contributed by atoms with E-state index in [0.29, 0.717) is 16.8 Å². The molecule has 0 unspecified atom stereocenters. The molecular formula is C10H14ClN5. The third-order valence-corrected chi connectivity index (χ3v) is 2.65. The molecule has 0 radical (unpaired) electrons. The van der Waals surface area contributed by atoms with Gasteiger partial charge < -0.3 is 5.32 Å². The van der Waals surface area contributed by atoms with Crippen molar-refractivity contribution in [1.82, 2.24) is 19.6 Å². The van der Waals surface area contributed by atoms with E-state index in [0.717, 1.165) is 17.9 Å². The lowest BCUT2D eigenvalue weighted by molar-refractivity contribution is 0.683. The van der Waals surface area contributed by atoms with E-state index in [-0.39, 0.29) is 0 Å². The van der Waals surface area contributed by atoms with Gasteiger partial charge in [0.2, 0.25) is 0 Å². The first kappa shape index (κ1) is 11.1. The smallest absolute Gasteiger partial charge is 0.255 e. The topological polar surface area (TPSA) is 55.1 Å². The molecule has 16 heavy (non-hydrogen) atoms. The Hall–Kier alpha value is -1.36. The van der Waals surface area contributed by atoms with Gasteiger partial charge in [0.25, 0.3) is 5.78 Å². The van der Waals surface area contributed by atoms with Crippen LogP contribution in [0.4, 0.5) is 5.82 Å². The summed E-state index contributed by atoms with van der Waals surface area (Å²) in [4.78, 5) is 8.16. The highest BCUT2D eigenvalue weighted by atomic mass is 35.5. The number of fused-ring (bicyclic) bond motifs is 1. The molecule has 0 bridgehead atoms. The summed E-state index contributed by atoms with van der Waals surface area (Å²) in [5.41, 5.74) is 0.889. The molecule has 0 saturated carbocycles. The third kappa shape index (κ3) is 1.95. The Morgan fingerprint density at radius 1 is 1.50 bits per heavy atom. The zero-order valence-electron chi connectivity index (χ0n) is 9.53. The molecule has 0 aliphatic rings. The highest BCUT2D eigenvalue weighted by Gasteiger charge is 2.11. The van der Waals surface area contributed by atoms with Gasteiger partial charge in [0.1, 0.15) is 17.3 Å². The lowest BCUT2D eigenvalue weighted by atomic mass is 10.2. The Morgan fingerprint density at radius 2 is 2.25 bits per heavy atom. The minimum Gasteiger partial charge on any atom is -0.369 e. The van der Waals surface area contributed by atoms with Gasteiger partial charge >= 0.3 is 0 Å². The van der Waals surface area contributed by atoms with Crippen LogP contribution in [-0.4, -0.2) is 26.1 Å². The van der Waals surface area contributed by atoms with Crippen molar-refractivity contribution < 1.29 is 0 Å². The molecule has 1 N–H and O–H groups in total. The minimum atomic E-state index is 0.465. The highest BCUT2D eigenvalue weighted by Crippen LogP contribution is 2.22. The van der Waals surface area contributed by atoms with Crippen LogP contribution in [0.5, 0.6) is 0 Å². The van der Waals surface area contributed by atoms with Crippen LogP contribution < -0.4 is 5.32 Å². The van der Waals surface area contributed by atoms with Gasteiger partial charge in [0, 0.05) is 12.1 Å². The van der Waals surface area contributed by atoms with E-state index < -0.39 is 0 Å². The Bertz CT molecular complexity index is 505. The average Bonchev–Trinajstić information content (AvgIpc) is 2.65. The van der Waals surface area contributed by atoms with Gasteiger partial charge in [-0.05, 0) is 12.8 Å². The van der Waals surface area contributed by atoms with Gasteiger partial charge in [-0.15, -0.1) is 0 Å². The van der Waals surface area contributed by atoms with Gasteiger partial charge in [0.05, 0.1) is 0 Å². The number of halogens is 1. The fraction of sp³-hybridized carbons (Fsp3) is 0.500. The molecule has 0 aromatic carbocycles. The van der Waals surface area contributed by atoms with Crippen LogP contribution >= 0.6 is 11.6 Å². The second kappa shape index (κ2) is 4.25. The number of hydrogen-bond donors (Lipinski definition) is 1. The standard InChI is InChI=1S/C10H14ClN5/c1-6(2)4-12-9-7(3)8(11)15-10-13-5-14-16(9)10/h5-6,12H,4H2,1-3H3. The molecule has 2 aromatic heterocycles. The fourth-order valence-corrected chi connectivity index (χ4v) is 1.57. The normalized spacial score (nSPS) is 11.3. The summed E-state index contributed by atoms with van der Waals surface area (Å²) in [5, 5.41) is 7.90. The molecule has 2 rings (SSSR count). The quantitative estimate of drug-likeness (QED) is 0.834. The van der Waals surface area contributed by atoms with Crippen molar-refractivity contribution in [2.24, 2.45) is 5.92 Å². The van der Waals surface area contributed by atoms with Crippen molar-refractivity contribution in [3.8, 4) is 0 Å². The molecule has 0 aliphatic heterocycles. The summed E-state index contributed by atoms with van der Waals surface area (Å²) in [5.74, 6) is 1.92. The molecule has 0 atom stereocenters. The van der Waals surface area contributed by atoms with Crippen molar-refractivity contribution in [3.05, 3.63) is 17.0 Å². The maximum Gasteiger partial charge on any atom is 0.255 e. The van der Waals surface area contributed by atoms with Crippen LogP contribution in [0.15, 0.2) is 6.33 Å². The predicted molar refractivity (Wildman–Crippen MR) is 63.9 cm³/mol. The summed E-state index contributed by atoms with van der Waals surface area (Å²) >= 11 is 6.03. The fourth-order valence-electron chi connectivity index (χ4n) is 1.41. The third-order valence-electron chi connectivity index (χ3n) is 2.28. The maximum atomic E-state index is 6.03. The van der Waals surface area contributed by atoms with Gasteiger partial charge in [-0.3, -0.25) is 0 Å². The minimum absolute atomic E-state index is 0.465. The number of aromatic nitrogens is 4. The van der Waals surface area contributed by atoms with Crippen LogP contribution in [-0.2, 0) is 0 Å². The van der Waals surface area contributed by atoms with Gasteiger partial charge in [-0.1, -0.05) is 25.4 Å². The van der Waals surface area contributed by atoms with Crippen LogP contribution in [0.3, 0.4) is 0 Å². The van der Waals surface area contributed by atoms with Crippen LogP contribution in [0.2, 0.25) is 5.15 Å². The first-order valence-corrected chi connectivity index (χ1v) is 5.57. The summed E-state index contributed by atoms with van der Waals surface area (Å²) in [6, 6.07) is 0. The van der Waals surface area contributed by atoms with Gasteiger partial charge in [0.15, 0.2) is 0 Å². The Labute approximate surface area is 98.9 Å². The van der Waals surface area contributed by atoms with Gasteiger partial charge in [-0.25, -0.2) is 0 Å². The van der Waals surface area contributed by atoms with Crippen molar-refractivity contribution in [2.45, 2.75) is 20.8 Å². The van der Waals surface area contributed by atoms with Crippen LogP contribution in [0.1, 0.15) is 19.4 Å². The van der Waals surface area contributed by atoms with Crippen molar-refractivity contribution >= 4 is 23.2 Å². The Balaban J connectivity index is 2.47. The number of nitrogens with one attached hydrogen (secondary N) is 1. The largest absolute Gasteiger partial charge is 0.369 e. The molecule has 2 heterocycles. The lowest BCUT2D eigenvalue weighted by Gasteiger charge is -2.13. The second-order valence-corrected chi connectivity index (χ2v) is 4.48. The first-order chi connectivity index (χ1) is 7.59. The van der Waals surface area contributed by atoms with Crippen LogP contribution in [0.25, 0.3) is 5.78 Å². The molecule has 0 aliphatic carbocycles. The zero-order valence-corrected chi connectivity index (χ0v) is 10.3. The second-order valence-electron chi connectivity index (χ2n) is 4.12. The van der Waals surface area contributed by atoms with E-state index in [1.165, 1.54) is 6.33 Å². The number of nitrogens with zero attached hydrogens (tertiary/aromatic N) is 4. The van der Waals surface area contributed by atoms with E-state index in [2.05, 4.69) is 34.2 Å². The van der Waals surface area contributed by atoms with Crippen molar-refractivity contribution in [2.75, 3.05) is 11.9 Å². The molecule has 0 spiro atoms. The van der Waals surface area contributed by atoms with E-state index >= 15 is 0 Å². The number of rotatable bonds is 3. The van der Waals surface area contributed by atoms with Crippen LogP contribution in [0, 0.1) is 12.8 Å². The highest BCUT2D eigenvalue weighted by molar-refractivity contribution is 6.30. The van der Waals surface area contributed by atoms with E-state index in [1.807, 2.05) is 6.92 Å². The SMILES string of the molecule is Cc1c(Cl)nc2ncnn2c1NCC(C)C. The molecule has 0 amide bonds. The molecule has 2 aromatic rings. The molecule has 6 heteroatoms. The molecule has 0 saturated heterocycles. The molecular weight excluding hydrogens is 226 g/mol. The van der Waals surface area contributed by atoms with E-state index in [1.54, 1.807) is 4.52 Å². The van der Waals surface area contributed by atoms with E-state index in [9.17, 15) is 0 Å². The molecule has 86 valence electrons. The number of hydrogen-bond acceptors (Lipinski definition) is 4. The summed E-state index contributed by atoms with van der Waals surface area (Å²) in [7, 11) is 0. The Kier molecular flexibility index (Phi) is 2.96. The summed E-state index contributed by atoms with van der Waals surface area (Å²) in [6.07, 6.45) is 1.47. The Morgan fingerprint density at radius 3 is 2.94 bits per heavy atom. The average molecular weight is 240 g/mol. The monoisotopic (exact) mass is 239 g/mol. The predicted octanol–water partition coefficient (Wildman–Crippen LogP) is 2.15. The molecule has 5 nitrogen and oxygen atoms in total. The lowest BCUT2D eigenvalue weighted by Crippen LogP contribution is -2.13. The summed E-state index contributed by atoms with van der Waals surface area (Å²) in [6.45, 7) is 7.06. The summed E-state index contributed by atoms with van der Waals surface area (Å²) < 4.78 is 1.67. The zero-order chi connectivity index (χ0) is 11.7. The first-order valence-electron chi connectivity index (χ1n) is 5.19. The van der Waals surface area contributed by atoms with E-state index in [4.69, 9.17) is 11.6 Å². The molecule has 0 fully saturated rings. The van der Waals surface area contributed by atoms with Crippen molar-refractivity contribution in [1.29, 1.82) is 0 Å². The maximum absolute atomic E-state index is 6.03.